The lowest BCUT2D eigenvalue weighted by atomic mass is 10.1. The molecule has 0 fully saturated rings. The van der Waals surface area contributed by atoms with Crippen LogP contribution in [0.4, 0.5) is 0 Å². The predicted molar refractivity (Wildman–Crippen MR) is 76.9 cm³/mol. The van der Waals surface area contributed by atoms with Crippen LogP contribution in [0.2, 0.25) is 0 Å². The Morgan fingerprint density at radius 2 is 1.76 bits per heavy atom. The molecule has 21 heavy (non-hydrogen) atoms. The van der Waals surface area contributed by atoms with Crippen LogP contribution in [-0.4, -0.2) is 21.3 Å². The lowest BCUT2D eigenvalue weighted by molar-refractivity contribution is 0.112. The Morgan fingerprint density at radius 3 is 2.38 bits per heavy atom. The van der Waals surface area contributed by atoms with Gasteiger partial charge in [-0.2, -0.15) is 5.26 Å². The van der Waals surface area contributed by atoms with Gasteiger partial charge in [0.15, 0.2) is 0 Å². The Kier molecular flexibility index (Phi) is 3.27. The normalized spacial score (nSPS) is 10.0. The molecule has 0 aliphatic carbocycles. The quantitative estimate of drug-likeness (QED) is 0.688. The van der Waals surface area contributed by atoms with E-state index in [4.69, 9.17) is 5.26 Å². The fourth-order valence-corrected chi connectivity index (χ4v) is 1.94. The van der Waals surface area contributed by atoms with Gasteiger partial charge in [-0.1, -0.05) is 29.5 Å². The standard InChI is InChI=1S/C16H10N4O/c17-9-12-3-7-15(8-4-12)20-10-16(18-19-20)14-5-1-13(11-21)2-6-14/h1-8,10-11H. The van der Waals surface area contributed by atoms with Crippen LogP contribution in [0.1, 0.15) is 15.9 Å². The number of nitrogens with zero attached hydrogens (tertiary/aromatic N) is 4. The van der Waals surface area contributed by atoms with E-state index in [1.165, 1.54) is 0 Å². The van der Waals surface area contributed by atoms with E-state index in [9.17, 15) is 4.79 Å². The van der Waals surface area contributed by atoms with Gasteiger partial charge in [-0.05, 0) is 24.3 Å². The van der Waals surface area contributed by atoms with E-state index < -0.39 is 0 Å². The Morgan fingerprint density at radius 1 is 1.05 bits per heavy atom. The molecule has 0 amide bonds. The third kappa shape index (κ3) is 2.55. The monoisotopic (exact) mass is 274 g/mol. The summed E-state index contributed by atoms with van der Waals surface area (Å²) in [7, 11) is 0. The van der Waals surface area contributed by atoms with E-state index in [1.54, 1.807) is 35.1 Å². The molecule has 0 unspecified atom stereocenters. The first kappa shape index (κ1) is 12.8. The van der Waals surface area contributed by atoms with Crippen molar-refractivity contribution in [1.29, 1.82) is 5.26 Å². The molecule has 1 aromatic heterocycles. The molecular weight excluding hydrogens is 264 g/mol. The number of aldehydes is 1. The lowest BCUT2D eigenvalue weighted by Gasteiger charge is -1.99. The third-order valence-corrected chi connectivity index (χ3v) is 3.10. The summed E-state index contributed by atoms with van der Waals surface area (Å²) in [5.74, 6) is 0. The maximum atomic E-state index is 10.6. The first-order valence-electron chi connectivity index (χ1n) is 6.28. The molecule has 1 heterocycles. The van der Waals surface area contributed by atoms with Crippen LogP contribution < -0.4 is 0 Å². The van der Waals surface area contributed by atoms with Crippen molar-refractivity contribution in [1.82, 2.24) is 15.0 Å². The summed E-state index contributed by atoms with van der Waals surface area (Å²) in [6, 6.07) is 16.3. The van der Waals surface area contributed by atoms with Gasteiger partial charge in [0.05, 0.1) is 23.5 Å². The smallest absolute Gasteiger partial charge is 0.150 e. The van der Waals surface area contributed by atoms with Crippen LogP contribution in [0.25, 0.3) is 16.9 Å². The molecule has 2 aromatic carbocycles. The van der Waals surface area contributed by atoms with Crippen molar-refractivity contribution in [3.8, 4) is 23.0 Å². The van der Waals surface area contributed by atoms with Gasteiger partial charge in [0.25, 0.3) is 0 Å². The van der Waals surface area contributed by atoms with E-state index in [2.05, 4.69) is 16.4 Å². The van der Waals surface area contributed by atoms with Gasteiger partial charge in [-0.3, -0.25) is 4.79 Å². The second-order valence-electron chi connectivity index (χ2n) is 4.45. The second-order valence-corrected chi connectivity index (χ2v) is 4.45. The SMILES string of the molecule is N#Cc1ccc(-n2cc(-c3ccc(C=O)cc3)nn2)cc1. The van der Waals surface area contributed by atoms with Crippen LogP contribution >= 0.6 is 0 Å². The summed E-state index contributed by atoms with van der Waals surface area (Å²) < 4.78 is 1.64. The number of hydrogen-bond donors (Lipinski definition) is 0. The number of rotatable bonds is 3. The molecule has 3 rings (SSSR count). The van der Waals surface area contributed by atoms with E-state index in [0.717, 1.165) is 23.2 Å². The fraction of sp³-hybridized carbons (Fsp3) is 0. The average Bonchev–Trinajstić information content (AvgIpc) is 3.05. The van der Waals surface area contributed by atoms with E-state index in [1.807, 2.05) is 24.3 Å². The highest BCUT2D eigenvalue weighted by Crippen LogP contribution is 2.18. The zero-order valence-corrected chi connectivity index (χ0v) is 11.0. The van der Waals surface area contributed by atoms with Crippen LogP contribution in [0.15, 0.2) is 54.7 Å². The molecule has 0 aliphatic rings. The summed E-state index contributed by atoms with van der Waals surface area (Å²) in [6.45, 7) is 0. The predicted octanol–water partition coefficient (Wildman–Crippen LogP) is 2.62. The zero-order chi connectivity index (χ0) is 14.7. The first-order chi connectivity index (χ1) is 10.3. The summed E-state index contributed by atoms with van der Waals surface area (Å²) in [4.78, 5) is 10.6. The second kappa shape index (κ2) is 5.39. The van der Waals surface area contributed by atoms with Crippen LogP contribution in [0, 0.1) is 11.3 Å². The highest BCUT2D eigenvalue weighted by Gasteiger charge is 2.05. The van der Waals surface area contributed by atoms with Gasteiger partial charge >= 0.3 is 0 Å². The van der Waals surface area contributed by atoms with Crippen molar-refractivity contribution < 1.29 is 4.79 Å². The minimum atomic E-state index is 0.601. The van der Waals surface area contributed by atoms with E-state index in [0.29, 0.717) is 11.1 Å². The maximum absolute atomic E-state index is 10.6. The molecule has 0 bridgehead atoms. The summed E-state index contributed by atoms with van der Waals surface area (Å²) in [5, 5.41) is 17.0. The maximum Gasteiger partial charge on any atom is 0.150 e. The average molecular weight is 274 g/mol. The minimum absolute atomic E-state index is 0.601. The fourth-order valence-electron chi connectivity index (χ4n) is 1.94. The number of aromatic nitrogens is 3. The number of carbonyl (C=O) groups excluding carboxylic acids is 1. The Hall–Kier alpha value is -3.26. The van der Waals surface area contributed by atoms with Crippen LogP contribution in [0.5, 0.6) is 0 Å². The number of hydrogen-bond acceptors (Lipinski definition) is 4. The highest BCUT2D eigenvalue weighted by atomic mass is 16.1. The Bertz CT molecular complexity index is 811. The molecule has 0 aliphatic heterocycles. The third-order valence-electron chi connectivity index (χ3n) is 3.10. The Labute approximate surface area is 121 Å². The molecule has 0 atom stereocenters. The van der Waals surface area contributed by atoms with E-state index >= 15 is 0 Å². The zero-order valence-electron chi connectivity index (χ0n) is 11.0. The molecule has 0 spiro atoms. The molecule has 0 saturated heterocycles. The summed E-state index contributed by atoms with van der Waals surface area (Å²) >= 11 is 0. The minimum Gasteiger partial charge on any atom is -0.298 e. The molecule has 100 valence electrons. The van der Waals surface area contributed by atoms with Crippen LogP contribution in [0.3, 0.4) is 0 Å². The number of benzene rings is 2. The van der Waals surface area contributed by atoms with Crippen molar-refractivity contribution in [2.24, 2.45) is 0 Å². The van der Waals surface area contributed by atoms with Crippen molar-refractivity contribution in [3.63, 3.8) is 0 Å². The van der Waals surface area contributed by atoms with Crippen LogP contribution in [-0.2, 0) is 0 Å². The van der Waals surface area contributed by atoms with Crippen molar-refractivity contribution in [2.45, 2.75) is 0 Å². The summed E-state index contributed by atoms with van der Waals surface area (Å²) in [6.07, 6.45) is 2.61. The topological polar surface area (TPSA) is 71.6 Å². The molecule has 0 radical (unpaired) electrons. The highest BCUT2D eigenvalue weighted by molar-refractivity contribution is 5.76. The van der Waals surface area contributed by atoms with Gasteiger partial charge in [-0.15, -0.1) is 5.10 Å². The molecular formula is C16H10N4O. The van der Waals surface area contributed by atoms with Gasteiger partial charge in [0.2, 0.25) is 0 Å². The largest absolute Gasteiger partial charge is 0.298 e. The molecule has 5 heteroatoms. The molecule has 3 aromatic rings. The molecule has 5 nitrogen and oxygen atoms in total. The lowest BCUT2D eigenvalue weighted by Crippen LogP contribution is -1.94. The van der Waals surface area contributed by atoms with Crippen molar-refractivity contribution in [3.05, 3.63) is 65.9 Å². The van der Waals surface area contributed by atoms with Crippen molar-refractivity contribution in [2.75, 3.05) is 0 Å². The van der Waals surface area contributed by atoms with Gasteiger partial charge in [-0.25, -0.2) is 4.68 Å². The van der Waals surface area contributed by atoms with E-state index in [-0.39, 0.29) is 0 Å². The number of nitriles is 1. The van der Waals surface area contributed by atoms with Gasteiger partial charge < -0.3 is 0 Å². The van der Waals surface area contributed by atoms with Gasteiger partial charge in [0.1, 0.15) is 12.0 Å². The number of carbonyl (C=O) groups is 1. The Balaban J connectivity index is 1.91. The molecule has 0 saturated carbocycles. The van der Waals surface area contributed by atoms with Gasteiger partial charge in [0, 0.05) is 11.1 Å². The first-order valence-corrected chi connectivity index (χ1v) is 6.28. The summed E-state index contributed by atoms with van der Waals surface area (Å²) in [5.41, 5.74) is 3.66. The molecule has 0 N–H and O–H groups in total. The van der Waals surface area contributed by atoms with Crippen molar-refractivity contribution >= 4 is 6.29 Å².